The Kier molecular flexibility index (Phi) is 5.93. The van der Waals surface area contributed by atoms with Crippen LogP contribution in [0.4, 0.5) is 5.82 Å². The predicted octanol–water partition coefficient (Wildman–Crippen LogP) is 3.81. The van der Waals surface area contributed by atoms with Crippen molar-refractivity contribution in [3.8, 4) is 5.69 Å². The van der Waals surface area contributed by atoms with Crippen molar-refractivity contribution < 1.29 is 4.79 Å². The smallest absolute Gasteiger partial charge is 0.244 e. The molecule has 0 bridgehead atoms. The molecule has 3 aromatic rings. The summed E-state index contributed by atoms with van der Waals surface area (Å²) in [6.45, 7) is 6.57. The van der Waals surface area contributed by atoms with Crippen molar-refractivity contribution in [3.05, 3.63) is 77.3 Å². The number of rotatable bonds is 6. The third-order valence-corrected chi connectivity index (χ3v) is 5.46. The number of carbonyl (C=O) groups is 1. The van der Waals surface area contributed by atoms with Gasteiger partial charge >= 0.3 is 0 Å². The molecule has 3 heterocycles. The largest absolute Gasteiger partial charge is 0.357 e. The van der Waals surface area contributed by atoms with Crippen LogP contribution in [0.5, 0.6) is 0 Å². The molecule has 2 aromatic heterocycles. The summed E-state index contributed by atoms with van der Waals surface area (Å²) in [7, 11) is 0. The molecule has 154 valence electrons. The van der Waals surface area contributed by atoms with Crippen molar-refractivity contribution in [2.75, 3.05) is 18.0 Å². The van der Waals surface area contributed by atoms with Gasteiger partial charge in [0, 0.05) is 43.2 Å². The Morgan fingerprint density at radius 1 is 1.13 bits per heavy atom. The van der Waals surface area contributed by atoms with Gasteiger partial charge in [0.15, 0.2) is 0 Å². The van der Waals surface area contributed by atoms with Crippen LogP contribution < -0.4 is 10.2 Å². The third kappa shape index (κ3) is 4.43. The van der Waals surface area contributed by atoms with E-state index in [1.165, 1.54) is 12.8 Å². The van der Waals surface area contributed by atoms with Crippen LogP contribution in [-0.2, 0) is 11.3 Å². The fraction of sp³-hybridized carbons (Fsp3) is 0.292. The molecule has 1 amide bonds. The van der Waals surface area contributed by atoms with Gasteiger partial charge in [-0.1, -0.05) is 18.2 Å². The molecule has 0 saturated carbocycles. The van der Waals surface area contributed by atoms with Crippen LogP contribution in [0.25, 0.3) is 11.8 Å². The van der Waals surface area contributed by atoms with Gasteiger partial charge in [-0.25, -0.2) is 9.67 Å². The molecule has 0 spiro atoms. The summed E-state index contributed by atoms with van der Waals surface area (Å²) in [4.78, 5) is 19.1. The zero-order valence-electron chi connectivity index (χ0n) is 17.5. The average molecular weight is 402 g/mol. The highest BCUT2D eigenvalue weighted by molar-refractivity contribution is 5.92. The molecule has 0 unspecified atom stereocenters. The number of amides is 1. The summed E-state index contributed by atoms with van der Waals surface area (Å²) >= 11 is 0. The molecule has 30 heavy (non-hydrogen) atoms. The molecule has 0 atom stereocenters. The first-order chi connectivity index (χ1) is 14.6. The van der Waals surface area contributed by atoms with Crippen molar-refractivity contribution in [1.29, 1.82) is 0 Å². The highest BCUT2D eigenvalue weighted by Gasteiger charge is 2.14. The first kappa shape index (κ1) is 19.9. The maximum atomic E-state index is 12.4. The summed E-state index contributed by atoms with van der Waals surface area (Å²) in [6.07, 6.45) is 7.67. The van der Waals surface area contributed by atoms with Crippen LogP contribution in [0.1, 0.15) is 35.4 Å². The first-order valence-corrected chi connectivity index (χ1v) is 10.4. The molecule has 1 N–H and O–H groups in total. The molecule has 0 radical (unpaired) electrons. The monoisotopic (exact) mass is 401 g/mol. The number of hydrogen-bond acceptors (Lipinski definition) is 4. The van der Waals surface area contributed by atoms with E-state index in [9.17, 15) is 4.79 Å². The molecule has 1 fully saturated rings. The number of nitrogens with one attached hydrogen (secondary N) is 1. The number of nitrogens with zero attached hydrogens (tertiary/aromatic N) is 4. The van der Waals surface area contributed by atoms with E-state index >= 15 is 0 Å². The van der Waals surface area contributed by atoms with Gasteiger partial charge in [0.25, 0.3) is 0 Å². The van der Waals surface area contributed by atoms with Crippen molar-refractivity contribution in [1.82, 2.24) is 20.1 Å². The van der Waals surface area contributed by atoms with Gasteiger partial charge in [0.1, 0.15) is 5.82 Å². The Bertz CT molecular complexity index is 1050. The van der Waals surface area contributed by atoms with Crippen LogP contribution in [0, 0.1) is 13.8 Å². The van der Waals surface area contributed by atoms with E-state index in [4.69, 9.17) is 0 Å². The second-order valence-corrected chi connectivity index (χ2v) is 7.60. The second-order valence-electron chi connectivity index (χ2n) is 7.60. The molecule has 1 saturated heterocycles. The van der Waals surface area contributed by atoms with Gasteiger partial charge in [-0.15, -0.1) is 0 Å². The van der Waals surface area contributed by atoms with Gasteiger partial charge in [-0.3, -0.25) is 4.79 Å². The Morgan fingerprint density at radius 2 is 1.90 bits per heavy atom. The molecule has 6 nitrogen and oxygen atoms in total. The summed E-state index contributed by atoms with van der Waals surface area (Å²) < 4.78 is 1.91. The van der Waals surface area contributed by atoms with E-state index < -0.39 is 0 Å². The fourth-order valence-electron chi connectivity index (χ4n) is 3.81. The quantitative estimate of drug-likeness (QED) is 0.638. The zero-order valence-corrected chi connectivity index (χ0v) is 17.5. The number of aromatic nitrogens is 3. The first-order valence-electron chi connectivity index (χ1n) is 10.4. The molecule has 4 rings (SSSR count). The number of para-hydroxylation sites is 1. The standard InChI is InChI=1S/C24H27N5O/c1-18-22(19(2)29(27-18)21-8-4-3-5-9-21)10-11-24(30)26-17-20-12-13-25-23(16-20)28-14-6-7-15-28/h3-5,8-13,16H,6-7,14-15,17H2,1-2H3,(H,26,30)/b11-10+. The molecule has 1 aliphatic heterocycles. The van der Waals surface area contributed by atoms with E-state index in [0.29, 0.717) is 6.54 Å². The number of benzene rings is 1. The van der Waals surface area contributed by atoms with Gasteiger partial charge in [-0.05, 0) is 62.6 Å². The van der Waals surface area contributed by atoms with Crippen molar-refractivity contribution in [2.24, 2.45) is 0 Å². The number of carbonyl (C=O) groups excluding carboxylic acids is 1. The summed E-state index contributed by atoms with van der Waals surface area (Å²) in [5, 5.41) is 7.59. The summed E-state index contributed by atoms with van der Waals surface area (Å²) in [5.41, 5.74) is 4.93. The molecule has 1 aliphatic rings. The van der Waals surface area contributed by atoms with Gasteiger partial charge in [0.2, 0.25) is 5.91 Å². The lowest BCUT2D eigenvalue weighted by Gasteiger charge is -2.16. The lowest BCUT2D eigenvalue weighted by Crippen LogP contribution is -2.22. The number of hydrogen-bond donors (Lipinski definition) is 1. The maximum Gasteiger partial charge on any atom is 0.244 e. The van der Waals surface area contributed by atoms with Crippen molar-refractivity contribution in [2.45, 2.75) is 33.2 Å². The van der Waals surface area contributed by atoms with Crippen molar-refractivity contribution >= 4 is 17.8 Å². The minimum absolute atomic E-state index is 0.124. The number of aryl methyl sites for hydroxylation is 1. The van der Waals surface area contributed by atoms with Crippen LogP contribution in [0.2, 0.25) is 0 Å². The van der Waals surface area contributed by atoms with Crippen LogP contribution in [-0.4, -0.2) is 33.8 Å². The normalized spacial score (nSPS) is 13.9. The topological polar surface area (TPSA) is 63.1 Å². The van der Waals surface area contributed by atoms with Gasteiger partial charge in [0.05, 0.1) is 11.4 Å². The van der Waals surface area contributed by atoms with Gasteiger partial charge < -0.3 is 10.2 Å². The summed E-state index contributed by atoms with van der Waals surface area (Å²) in [6, 6.07) is 14.0. The molecular weight excluding hydrogens is 374 g/mol. The highest BCUT2D eigenvalue weighted by Crippen LogP contribution is 2.20. The Hall–Kier alpha value is -3.41. The fourth-order valence-corrected chi connectivity index (χ4v) is 3.81. The highest BCUT2D eigenvalue weighted by atomic mass is 16.1. The second kappa shape index (κ2) is 8.95. The van der Waals surface area contributed by atoms with Crippen LogP contribution >= 0.6 is 0 Å². The van der Waals surface area contributed by atoms with E-state index in [1.54, 1.807) is 6.08 Å². The Morgan fingerprint density at radius 3 is 2.67 bits per heavy atom. The SMILES string of the molecule is Cc1nn(-c2ccccc2)c(C)c1/C=C/C(=O)NCc1ccnc(N2CCCC2)c1. The van der Waals surface area contributed by atoms with Crippen LogP contribution in [0.15, 0.2) is 54.7 Å². The molecule has 6 heteroatoms. The third-order valence-electron chi connectivity index (χ3n) is 5.46. The predicted molar refractivity (Wildman–Crippen MR) is 120 cm³/mol. The van der Waals surface area contributed by atoms with Gasteiger partial charge in [-0.2, -0.15) is 5.10 Å². The number of pyridine rings is 1. The van der Waals surface area contributed by atoms with E-state index in [-0.39, 0.29) is 5.91 Å². The van der Waals surface area contributed by atoms with Crippen LogP contribution in [0.3, 0.4) is 0 Å². The van der Waals surface area contributed by atoms with E-state index in [2.05, 4.69) is 26.4 Å². The lowest BCUT2D eigenvalue weighted by molar-refractivity contribution is -0.116. The maximum absolute atomic E-state index is 12.4. The average Bonchev–Trinajstić information content (AvgIpc) is 3.40. The van der Waals surface area contributed by atoms with Crippen molar-refractivity contribution in [3.63, 3.8) is 0 Å². The number of anilines is 1. The van der Waals surface area contributed by atoms with E-state index in [1.807, 2.05) is 67.2 Å². The van der Waals surface area contributed by atoms with E-state index in [0.717, 1.165) is 47.1 Å². The molecule has 1 aromatic carbocycles. The summed E-state index contributed by atoms with van der Waals surface area (Å²) in [5.74, 6) is 0.871. The minimum atomic E-state index is -0.124. The lowest BCUT2D eigenvalue weighted by atomic mass is 10.2. The minimum Gasteiger partial charge on any atom is -0.357 e. The Balaban J connectivity index is 1.40. The zero-order chi connectivity index (χ0) is 20.9. The Labute approximate surface area is 177 Å². The molecule has 0 aliphatic carbocycles. The molecular formula is C24H27N5O.